The Kier molecular flexibility index (Phi) is 4.99. The van der Waals surface area contributed by atoms with Crippen LogP contribution in [0.1, 0.15) is 10.4 Å². The number of ether oxygens (including phenoxy) is 1. The summed E-state index contributed by atoms with van der Waals surface area (Å²) in [5.74, 6) is 0.281. The summed E-state index contributed by atoms with van der Waals surface area (Å²) >= 11 is 0. The van der Waals surface area contributed by atoms with Crippen molar-refractivity contribution >= 4 is 5.97 Å². The minimum Gasteiger partial charge on any atom is -0.497 e. The lowest BCUT2D eigenvalue weighted by Gasteiger charge is -2.09. The number of nitrogens with zero attached hydrogens (tertiary/aromatic N) is 3. The fourth-order valence-corrected chi connectivity index (χ4v) is 2.97. The lowest BCUT2D eigenvalue weighted by molar-refractivity contribution is 0.0697. The van der Waals surface area contributed by atoms with Crippen molar-refractivity contribution in [3.8, 4) is 39.8 Å². The van der Waals surface area contributed by atoms with Crippen LogP contribution in [0.4, 0.5) is 0 Å². The van der Waals surface area contributed by atoms with Gasteiger partial charge < -0.3 is 9.84 Å². The van der Waals surface area contributed by atoms with Gasteiger partial charge in [0.25, 0.3) is 0 Å². The van der Waals surface area contributed by atoms with Gasteiger partial charge in [-0.15, -0.1) is 0 Å². The second-order valence-corrected chi connectivity index (χ2v) is 6.26. The topological polar surface area (TPSA) is 85.2 Å². The minimum atomic E-state index is -1.02. The van der Waals surface area contributed by atoms with Crippen molar-refractivity contribution in [1.29, 1.82) is 0 Å². The summed E-state index contributed by atoms with van der Waals surface area (Å²) < 4.78 is 5.19. The van der Waals surface area contributed by atoms with E-state index in [0.717, 1.165) is 16.9 Å². The molecule has 4 aromatic rings. The molecule has 0 aliphatic heterocycles. The largest absolute Gasteiger partial charge is 0.497 e. The van der Waals surface area contributed by atoms with Crippen molar-refractivity contribution < 1.29 is 14.6 Å². The van der Waals surface area contributed by atoms with E-state index in [-0.39, 0.29) is 5.56 Å². The number of hydrogen-bond donors (Lipinski definition) is 1. The Labute approximate surface area is 167 Å². The van der Waals surface area contributed by atoms with E-state index in [1.165, 1.54) is 0 Å². The molecule has 1 N–H and O–H groups in total. The number of carboxylic acids is 1. The van der Waals surface area contributed by atoms with Crippen molar-refractivity contribution in [2.45, 2.75) is 0 Å². The first-order valence-electron chi connectivity index (χ1n) is 8.93. The summed E-state index contributed by atoms with van der Waals surface area (Å²) in [4.78, 5) is 25.2. The third kappa shape index (κ3) is 3.82. The Hall–Kier alpha value is -4.06. The number of hydrogen-bond acceptors (Lipinski definition) is 5. The molecule has 0 radical (unpaired) electrons. The van der Waals surface area contributed by atoms with Crippen molar-refractivity contribution in [1.82, 2.24) is 15.0 Å². The zero-order chi connectivity index (χ0) is 20.2. The average molecular weight is 383 g/mol. The van der Waals surface area contributed by atoms with Gasteiger partial charge in [-0.05, 0) is 42.5 Å². The molecule has 0 fully saturated rings. The van der Waals surface area contributed by atoms with Crippen LogP contribution >= 0.6 is 0 Å². The maximum Gasteiger partial charge on any atom is 0.337 e. The number of carboxylic acid groups (broad SMARTS) is 1. The molecule has 0 saturated heterocycles. The predicted octanol–water partition coefficient (Wildman–Crippen LogP) is 4.58. The molecule has 0 saturated carbocycles. The molecule has 4 rings (SSSR count). The summed E-state index contributed by atoms with van der Waals surface area (Å²) in [6, 6.07) is 21.7. The van der Waals surface area contributed by atoms with Crippen LogP contribution in [0.2, 0.25) is 0 Å². The molecule has 0 unspecified atom stereocenters. The van der Waals surface area contributed by atoms with Crippen molar-refractivity contribution in [3.05, 3.63) is 84.6 Å². The Morgan fingerprint density at radius 3 is 2.24 bits per heavy atom. The standard InChI is InChI=1S/C23H17N3O3/c1-29-17-9-7-16(8-10-17)22-24-14-13-20(26-22)19-12-11-18(23(27)28)21(25-19)15-5-3-2-4-6-15/h2-14H,1H3,(H,27,28). The molecular formula is C23H17N3O3. The van der Waals surface area contributed by atoms with E-state index in [4.69, 9.17) is 4.74 Å². The first-order valence-corrected chi connectivity index (χ1v) is 8.93. The van der Waals surface area contributed by atoms with Gasteiger partial charge in [0.1, 0.15) is 5.75 Å². The van der Waals surface area contributed by atoms with E-state index < -0.39 is 5.97 Å². The van der Waals surface area contributed by atoms with Gasteiger partial charge in [-0.2, -0.15) is 0 Å². The van der Waals surface area contributed by atoms with Crippen LogP contribution in [0.3, 0.4) is 0 Å². The first-order chi connectivity index (χ1) is 14.2. The summed E-state index contributed by atoms with van der Waals surface area (Å²) in [6.07, 6.45) is 1.66. The van der Waals surface area contributed by atoms with Gasteiger partial charge in [-0.25, -0.2) is 19.7 Å². The summed E-state index contributed by atoms with van der Waals surface area (Å²) in [5.41, 5.74) is 3.31. The molecule has 6 nitrogen and oxygen atoms in total. The normalized spacial score (nSPS) is 10.5. The number of pyridine rings is 1. The molecule has 142 valence electrons. The van der Waals surface area contributed by atoms with Crippen LogP contribution in [0.25, 0.3) is 34.0 Å². The molecule has 0 spiro atoms. The molecule has 2 aromatic heterocycles. The van der Waals surface area contributed by atoms with E-state index in [1.54, 1.807) is 31.5 Å². The van der Waals surface area contributed by atoms with Gasteiger partial charge in [-0.3, -0.25) is 0 Å². The molecule has 2 heterocycles. The highest BCUT2D eigenvalue weighted by Gasteiger charge is 2.15. The molecule has 0 aliphatic carbocycles. The molecule has 6 heteroatoms. The van der Waals surface area contributed by atoms with Crippen LogP contribution in [0.5, 0.6) is 5.75 Å². The maximum atomic E-state index is 11.7. The zero-order valence-corrected chi connectivity index (χ0v) is 15.6. The van der Waals surface area contributed by atoms with Crippen LogP contribution in [-0.2, 0) is 0 Å². The molecule has 0 amide bonds. The predicted molar refractivity (Wildman–Crippen MR) is 110 cm³/mol. The van der Waals surface area contributed by atoms with Gasteiger partial charge in [0.2, 0.25) is 0 Å². The highest BCUT2D eigenvalue weighted by molar-refractivity contribution is 5.95. The van der Waals surface area contributed by atoms with Crippen LogP contribution < -0.4 is 4.74 Å². The van der Waals surface area contributed by atoms with Gasteiger partial charge in [0.15, 0.2) is 5.82 Å². The number of benzene rings is 2. The SMILES string of the molecule is COc1ccc(-c2nccc(-c3ccc(C(=O)O)c(-c4ccccc4)n3)n2)cc1. The average Bonchev–Trinajstić information content (AvgIpc) is 2.79. The summed E-state index contributed by atoms with van der Waals surface area (Å²) in [5, 5.41) is 9.55. The summed E-state index contributed by atoms with van der Waals surface area (Å²) in [7, 11) is 1.61. The number of carbonyl (C=O) groups is 1. The van der Waals surface area contributed by atoms with Gasteiger partial charge in [0, 0.05) is 17.3 Å². The minimum absolute atomic E-state index is 0.143. The Bertz CT molecular complexity index is 1160. The van der Waals surface area contributed by atoms with Gasteiger partial charge in [-0.1, -0.05) is 30.3 Å². The van der Waals surface area contributed by atoms with E-state index >= 15 is 0 Å². The molecule has 0 aliphatic rings. The van der Waals surface area contributed by atoms with Crippen molar-refractivity contribution in [3.63, 3.8) is 0 Å². The number of aromatic carboxylic acids is 1. The molecule has 2 aromatic carbocycles. The Morgan fingerprint density at radius 2 is 1.55 bits per heavy atom. The van der Waals surface area contributed by atoms with Crippen molar-refractivity contribution in [2.75, 3.05) is 7.11 Å². The molecule has 29 heavy (non-hydrogen) atoms. The monoisotopic (exact) mass is 383 g/mol. The van der Waals surface area contributed by atoms with E-state index in [9.17, 15) is 9.90 Å². The molecule has 0 bridgehead atoms. The lowest BCUT2D eigenvalue weighted by atomic mass is 10.0. The first kappa shape index (κ1) is 18.3. The van der Waals surface area contributed by atoms with Crippen LogP contribution in [-0.4, -0.2) is 33.1 Å². The second kappa shape index (κ2) is 7.90. The number of rotatable bonds is 5. The lowest BCUT2D eigenvalue weighted by Crippen LogP contribution is -2.03. The Morgan fingerprint density at radius 1 is 0.828 bits per heavy atom. The highest BCUT2D eigenvalue weighted by Crippen LogP contribution is 2.27. The fraction of sp³-hybridized carbons (Fsp3) is 0.0435. The highest BCUT2D eigenvalue weighted by atomic mass is 16.5. The van der Waals surface area contributed by atoms with Crippen LogP contribution in [0, 0.1) is 0 Å². The zero-order valence-electron chi connectivity index (χ0n) is 15.6. The number of aromatic nitrogens is 3. The van der Waals surface area contributed by atoms with Crippen LogP contribution in [0.15, 0.2) is 79.0 Å². The van der Waals surface area contributed by atoms with Crippen molar-refractivity contribution in [2.24, 2.45) is 0 Å². The van der Waals surface area contributed by atoms with Gasteiger partial charge >= 0.3 is 5.97 Å². The fourth-order valence-electron chi connectivity index (χ4n) is 2.97. The van der Waals surface area contributed by atoms with Gasteiger partial charge in [0.05, 0.1) is 29.8 Å². The van der Waals surface area contributed by atoms with E-state index in [1.807, 2.05) is 54.6 Å². The summed E-state index contributed by atoms with van der Waals surface area (Å²) in [6.45, 7) is 0. The van der Waals surface area contributed by atoms with E-state index in [2.05, 4.69) is 15.0 Å². The second-order valence-electron chi connectivity index (χ2n) is 6.26. The molecular weight excluding hydrogens is 366 g/mol. The molecule has 0 atom stereocenters. The Balaban J connectivity index is 1.78. The van der Waals surface area contributed by atoms with E-state index in [0.29, 0.717) is 22.9 Å². The smallest absolute Gasteiger partial charge is 0.337 e. The quantitative estimate of drug-likeness (QED) is 0.543. The number of methoxy groups -OCH3 is 1. The third-order valence-electron chi connectivity index (χ3n) is 4.44. The maximum absolute atomic E-state index is 11.7. The third-order valence-corrected chi connectivity index (χ3v) is 4.44.